The summed E-state index contributed by atoms with van der Waals surface area (Å²) in [7, 11) is 0. The molecule has 0 radical (unpaired) electrons. The summed E-state index contributed by atoms with van der Waals surface area (Å²) in [6.45, 7) is 6.36. The van der Waals surface area contributed by atoms with Crippen molar-refractivity contribution in [3.63, 3.8) is 0 Å². The number of aromatic nitrogens is 2. The topological polar surface area (TPSA) is 81.3 Å². The van der Waals surface area contributed by atoms with Crippen LogP contribution in [0.25, 0.3) is 0 Å². The molecule has 7 heteroatoms. The number of nitro groups is 1. The molecule has 0 N–H and O–H groups in total. The highest BCUT2D eigenvalue weighted by atomic mass is 16.6. The van der Waals surface area contributed by atoms with Gasteiger partial charge in [-0.3, -0.25) is 19.6 Å². The molecule has 1 aliphatic rings. The highest BCUT2D eigenvalue weighted by molar-refractivity contribution is 6.06. The van der Waals surface area contributed by atoms with Crippen LogP contribution in [-0.2, 0) is 13.0 Å². The fourth-order valence-corrected chi connectivity index (χ4v) is 3.12. The van der Waals surface area contributed by atoms with Gasteiger partial charge in [-0.05, 0) is 44.9 Å². The molecule has 3 rings (SSSR count). The summed E-state index contributed by atoms with van der Waals surface area (Å²) in [6, 6.07) is 6.40. The molecule has 1 aliphatic heterocycles. The van der Waals surface area contributed by atoms with E-state index in [0.29, 0.717) is 18.7 Å². The second-order valence-electron chi connectivity index (χ2n) is 5.79. The maximum Gasteiger partial charge on any atom is 0.276 e. The fourth-order valence-electron chi connectivity index (χ4n) is 3.12. The Hall–Kier alpha value is -2.70. The van der Waals surface area contributed by atoms with E-state index in [2.05, 4.69) is 5.10 Å². The van der Waals surface area contributed by atoms with Gasteiger partial charge in [-0.2, -0.15) is 5.10 Å². The minimum absolute atomic E-state index is 0.0417. The third-order valence-electron chi connectivity index (χ3n) is 4.13. The van der Waals surface area contributed by atoms with Crippen LogP contribution in [0.3, 0.4) is 0 Å². The normalized spacial score (nSPS) is 16.5. The summed E-state index contributed by atoms with van der Waals surface area (Å²) in [4.78, 5) is 25.2. The minimum atomic E-state index is -0.412. The predicted octanol–water partition coefficient (Wildman–Crippen LogP) is 2.71. The summed E-state index contributed by atoms with van der Waals surface area (Å²) >= 11 is 0. The van der Waals surface area contributed by atoms with E-state index in [9.17, 15) is 14.9 Å². The maximum absolute atomic E-state index is 13.0. The first kappa shape index (κ1) is 15.2. The zero-order valence-corrected chi connectivity index (χ0v) is 13.3. The van der Waals surface area contributed by atoms with Crippen molar-refractivity contribution in [2.24, 2.45) is 0 Å². The van der Waals surface area contributed by atoms with Gasteiger partial charge in [0.1, 0.15) is 5.69 Å². The van der Waals surface area contributed by atoms with Crippen molar-refractivity contribution in [2.75, 3.05) is 4.90 Å². The Morgan fingerprint density at radius 3 is 2.83 bits per heavy atom. The quantitative estimate of drug-likeness (QED) is 0.644. The van der Waals surface area contributed by atoms with Gasteiger partial charge in [-0.1, -0.05) is 0 Å². The number of benzene rings is 1. The molecule has 0 aliphatic carbocycles. The summed E-state index contributed by atoms with van der Waals surface area (Å²) in [5.74, 6) is -0.118. The monoisotopic (exact) mass is 314 g/mol. The number of hydrogen-bond donors (Lipinski definition) is 0. The van der Waals surface area contributed by atoms with E-state index in [1.54, 1.807) is 27.8 Å². The molecule has 2 heterocycles. The maximum atomic E-state index is 13.0. The number of non-ortho nitro benzene ring substituents is 1. The summed E-state index contributed by atoms with van der Waals surface area (Å²) in [5, 5.41) is 15.2. The van der Waals surface area contributed by atoms with Crippen molar-refractivity contribution in [1.82, 2.24) is 9.78 Å². The third kappa shape index (κ3) is 2.48. The van der Waals surface area contributed by atoms with Crippen molar-refractivity contribution < 1.29 is 9.72 Å². The Labute approximate surface area is 133 Å². The van der Waals surface area contributed by atoms with E-state index >= 15 is 0 Å². The molecule has 1 aromatic heterocycles. The van der Waals surface area contributed by atoms with Gasteiger partial charge in [-0.25, -0.2) is 0 Å². The Bertz CT molecular complexity index is 797. The number of carbonyl (C=O) groups is 1. The van der Waals surface area contributed by atoms with E-state index in [1.165, 1.54) is 6.07 Å². The Morgan fingerprint density at radius 1 is 1.43 bits per heavy atom. The van der Waals surface area contributed by atoms with Gasteiger partial charge in [0.15, 0.2) is 0 Å². The lowest BCUT2D eigenvalue weighted by molar-refractivity contribution is -0.384. The van der Waals surface area contributed by atoms with Crippen LogP contribution in [0.2, 0.25) is 0 Å². The molecular formula is C16H18N4O3. The molecule has 0 saturated heterocycles. The Morgan fingerprint density at radius 2 is 2.17 bits per heavy atom. The van der Waals surface area contributed by atoms with E-state index in [0.717, 1.165) is 16.9 Å². The van der Waals surface area contributed by atoms with Crippen molar-refractivity contribution >= 4 is 17.3 Å². The summed E-state index contributed by atoms with van der Waals surface area (Å²) in [6.07, 6.45) is 0.613. The largest absolute Gasteiger partial charge is 0.304 e. The fraction of sp³-hybridized carbons (Fsp3) is 0.375. The molecule has 0 spiro atoms. The van der Waals surface area contributed by atoms with Crippen LogP contribution in [0, 0.1) is 17.0 Å². The smallest absolute Gasteiger partial charge is 0.276 e. The van der Waals surface area contributed by atoms with Crippen LogP contribution >= 0.6 is 0 Å². The second kappa shape index (κ2) is 5.49. The van der Waals surface area contributed by atoms with Gasteiger partial charge in [-0.15, -0.1) is 0 Å². The molecule has 2 aromatic rings. The van der Waals surface area contributed by atoms with Crippen molar-refractivity contribution in [1.29, 1.82) is 0 Å². The summed E-state index contributed by atoms with van der Waals surface area (Å²) in [5.41, 5.74) is 2.97. The lowest BCUT2D eigenvalue weighted by atomic mass is 10.1. The predicted molar refractivity (Wildman–Crippen MR) is 85.7 cm³/mol. The molecule has 1 amide bonds. The molecule has 120 valence electrons. The van der Waals surface area contributed by atoms with Gasteiger partial charge < -0.3 is 4.90 Å². The number of anilines is 1. The first-order chi connectivity index (χ1) is 10.9. The number of nitrogens with zero attached hydrogens (tertiary/aromatic N) is 4. The number of rotatable bonds is 3. The number of aryl methyl sites for hydroxylation is 2. The van der Waals surface area contributed by atoms with E-state index in [1.807, 2.05) is 20.8 Å². The minimum Gasteiger partial charge on any atom is -0.304 e. The molecule has 7 nitrogen and oxygen atoms in total. The first-order valence-electron chi connectivity index (χ1n) is 7.57. The zero-order valence-electron chi connectivity index (χ0n) is 13.3. The van der Waals surface area contributed by atoms with Crippen LogP contribution in [-0.4, -0.2) is 26.7 Å². The highest BCUT2D eigenvalue weighted by Gasteiger charge is 2.34. The van der Waals surface area contributed by atoms with Crippen molar-refractivity contribution in [2.45, 2.75) is 39.8 Å². The molecule has 0 fully saturated rings. The zero-order chi connectivity index (χ0) is 16.7. The number of amides is 1. The number of fused-ring (bicyclic) bond motifs is 1. The standard InChI is InChI=1S/C16H18N4O3/c1-4-18-15(7-10(2)17-18)16(21)19-11(3)8-12-9-13(20(22)23)5-6-14(12)19/h5-7,9,11H,4,8H2,1-3H3/t11-/m0/s1. The molecule has 23 heavy (non-hydrogen) atoms. The first-order valence-corrected chi connectivity index (χ1v) is 7.57. The van der Waals surface area contributed by atoms with E-state index in [4.69, 9.17) is 0 Å². The van der Waals surface area contributed by atoms with E-state index in [-0.39, 0.29) is 17.6 Å². The Kier molecular flexibility index (Phi) is 3.63. The van der Waals surface area contributed by atoms with Crippen LogP contribution in [0.1, 0.15) is 35.6 Å². The average molecular weight is 314 g/mol. The number of nitro benzene ring substituents is 1. The van der Waals surface area contributed by atoms with Crippen molar-refractivity contribution in [3.05, 3.63) is 51.3 Å². The lowest BCUT2D eigenvalue weighted by Crippen LogP contribution is -2.37. The van der Waals surface area contributed by atoms with Crippen molar-refractivity contribution in [3.8, 4) is 0 Å². The lowest BCUT2D eigenvalue weighted by Gasteiger charge is -2.22. The van der Waals surface area contributed by atoms with Gasteiger partial charge in [0.25, 0.3) is 11.6 Å². The molecule has 0 unspecified atom stereocenters. The molecule has 1 atom stereocenters. The highest BCUT2D eigenvalue weighted by Crippen LogP contribution is 2.35. The van der Waals surface area contributed by atoms with Crippen LogP contribution in [0.5, 0.6) is 0 Å². The molecule has 0 saturated carbocycles. The third-order valence-corrected chi connectivity index (χ3v) is 4.13. The number of carbonyl (C=O) groups excluding carboxylic acids is 1. The molecule has 0 bridgehead atoms. The van der Waals surface area contributed by atoms with Gasteiger partial charge in [0.05, 0.1) is 10.6 Å². The van der Waals surface area contributed by atoms with Crippen LogP contribution in [0.4, 0.5) is 11.4 Å². The number of hydrogen-bond acceptors (Lipinski definition) is 4. The summed E-state index contributed by atoms with van der Waals surface area (Å²) < 4.78 is 1.69. The van der Waals surface area contributed by atoms with Gasteiger partial charge in [0.2, 0.25) is 0 Å². The SMILES string of the molecule is CCn1nc(C)cc1C(=O)N1c2ccc([N+](=O)[O-])cc2C[C@@H]1C. The van der Waals surface area contributed by atoms with E-state index < -0.39 is 4.92 Å². The van der Waals surface area contributed by atoms with Crippen LogP contribution < -0.4 is 4.90 Å². The second-order valence-corrected chi connectivity index (χ2v) is 5.79. The average Bonchev–Trinajstić information content (AvgIpc) is 3.04. The van der Waals surface area contributed by atoms with Crippen LogP contribution in [0.15, 0.2) is 24.3 Å². The Balaban J connectivity index is 2.01. The van der Waals surface area contributed by atoms with Gasteiger partial charge >= 0.3 is 0 Å². The van der Waals surface area contributed by atoms with Gasteiger partial charge in [0, 0.05) is 30.4 Å². The molecule has 1 aromatic carbocycles. The molecular weight excluding hydrogens is 296 g/mol.